The Labute approximate surface area is 95.9 Å². The molecule has 6 heteroatoms. The molecule has 0 unspecified atom stereocenters. The molecule has 0 aliphatic rings. The summed E-state index contributed by atoms with van der Waals surface area (Å²) in [6.45, 7) is 9.89. The molecule has 0 aliphatic carbocycles. The lowest BCUT2D eigenvalue weighted by Gasteiger charge is -2.26. The summed E-state index contributed by atoms with van der Waals surface area (Å²) in [5.74, 6) is 0. The van der Waals surface area contributed by atoms with Gasteiger partial charge in [0.2, 0.25) is 0 Å². The number of nitrogens with zero attached hydrogens (tertiary/aromatic N) is 3. The van der Waals surface area contributed by atoms with Gasteiger partial charge >= 0.3 is 0 Å². The highest BCUT2D eigenvalue weighted by atomic mass is 32.2. The third-order valence-corrected chi connectivity index (χ3v) is 4.62. The molecule has 0 saturated carbocycles. The second kappa shape index (κ2) is 10.6. The molecule has 0 saturated heterocycles. The van der Waals surface area contributed by atoms with Crippen LogP contribution in [0.15, 0.2) is 0 Å². The molecule has 0 spiro atoms. The van der Waals surface area contributed by atoms with Gasteiger partial charge in [-0.1, -0.05) is 12.9 Å². The van der Waals surface area contributed by atoms with Crippen molar-refractivity contribution in [1.82, 2.24) is 12.9 Å². The van der Waals surface area contributed by atoms with Crippen LogP contribution in [0, 0.1) is 0 Å². The first-order chi connectivity index (χ1) is 6.08. The fraction of sp³-hybridized carbons (Fsp3) is 1.00. The van der Waals surface area contributed by atoms with E-state index in [1.54, 1.807) is 0 Å². The first-order valence-electron chi connectivity index (χ1n) is 4.96. The molecule has 0 aromatic carbocycles. The summed E-state index contributed by atoms with van der Waals surface area (Å²) >= 11 is 0.141. The van der Waals surface area contributed by atoms with E-state index < -0.39 is 0 Å². The topological polar surface area (TPSA) is 9.72 Å². The second-order valence-corrected chi connectivity index (χ2v) is 5.44. The Kier molecular flexibility index (Phi) is 14.5. The average Bonchev–Trinajstić information content (AvgIpc) is 2.16. The third-order valence-electron chi connectivity index (χ3n) is 2.17. The molecule has 0 aliphatic heterocycles. The van der Waals surface area contributed by atoms with Crippen LogP contribution in [-0.4, -0.2) is 53.7 Å². The molecule has 0 aromatic heterocycles. The van der Waals surface area contributed by atoms with Crippen LogP contribution < -0.4 is 0 Å². The Bertz CT molecular complexity index is 117. The van der Waals surface area contributed by atoms with Crippen molar-refractivity contribution in [2.75, 3.05) is 40.8 Å². The van der Waals surface area contributed by atoms with Gasteiger partial charge in [-0.05, 0) is 20.8 Å². The minimum Gasteiger partial charge on any atom is -0.269 e. The molecule has 3 nitrogen and oxygen atoms in total. The van der Waals surface area contributed by atoms with E-state index in [9.17, 15) is 0 Å². The molecular weight excluding hydrogens is 220 g/mol. The van der Waals surface area contributed by atoms with Crippen LogP contribution in [0.3, 0.4) is 0 Å². The summed E-state index contributed by atoms with van der Waals surface area (Å²) in [6, 6.07) is 0. The van der Waals surface area contributed by atoms with Crippen molar-refractivity contribution in [2.45, 2.75) is 20.8 Å². The maximum atomic E-state index is 2.38. The zero-order chi connectivity index (χ0) is 10.4. The van der Waals surface area contributed by atoms with Gasteiger partial charge < -0.3 is 0 Å². The highest BCUT2D eigenvalue weighted by molar-refractivity contribution is 7.90. The predicted molar refractivity (Wildman–Crippen MR) is 67.3 cm³/mol. The summed E-state index contributed by atoms with van der Waals surface area (Å²) in [5.41, 5.74) is 0. The normalized spacial score (nSPS) is 10.8. The third kappa shape index (κ3) is 6.29. The van der Waals surface area contributed by atoms with Crippen molar-refractivity contribution < 1.29 is 9.41 Å². The van der Waals surface area contributed by atoms with Crippen molar-refractivity contribution in [1.29, 1.82) is 0 Å². The number of hydrogen-bond donors (Lipinski definition) is 0. The SMILES string of the molecule is CCN(C)[S+](N(C)CC)N(C)CC.F.F. The van der Waals surface area contributed by atoms with E-state index in [1.807, 2.05) is 0 Å². The highest BCUT2D eigenvalue weighted by Gasteiger charge is 2.34. The predicted octanol–water partition coefficient (Wildman–Crippen LogP) is 1.51. The van der Waals surface area contributed by atoms with Crippen LogP contribution in [-0.2, 0) is 11.5 Å². The fourth-order valence-corrected chi connectivity index (χ4v) is 3.18. The maximum Gasteiger partial charge on any atom is 0.267 e. The van der Waals surface area contributed by atoms with Crippen LogP contribution in [0.25, 0.3) is 0 Å². The summed E-state index contributed by atoms with van der Waals surface area (Å²) in [7, 11) is 6.55. The first-order valence-corrected chi connectivity index (χ1v) is 6.05. The summed E-state index contributed by atoms with van der Waals surface area (Å²) in [5, 5.41) is 0. The Hall–Kier alpha value is 0.0900. The summed E-state index contributed by atoms with van der Waals surface area (Å²) < 4.78 is 7.15. The van der Waals surface area contributed by atoms with Crippen molar-refractivity contribution in [2.24, 2.45) is 0 Å². The lowest BCUT2D eigenvalue weighted by atomic mass is 10.8. The van der Waals surface area contributed by atoms with E-state index in [0.717, 1.165) is 19.6 Å². The molecule has 0 aromatic rings. The number of halogens is 2. The maximum absolute atomic E-state index is 2.38. The van der Waals surface area contributed by atoms with Gasteiger partial charge in [-0.3, -0.25) is 9.41 Å². The standard InChI is InChI=1S/C9H24N3S.2FH/c1-7-10(4)13(11(5)8-2)12(6)9-3;;/h7-9H2,1-6H3;2*1H/q+1;;. The van der Waals surface area contributed by atoms with Crippen molar-refractivity contribution >= 4 is 11.5 Å². The Balaban J connectivity index is -0.000000720. The molecule has 96 valence electrons. The van der Waals surface area contributed by atoms with E-state index in [-0.39, 0.29) is 20.9 Å². The lowest BCUT2D eigenvalue weighted by Crippen LogP contribution is -2.49. The Morgan fingerprint density at radius 1 is 0.667 bits per heavy atom. The molecule has 0 rings (SSSR count). The van der Waals surface area contributed by atoms with Gasteiger partial charge in [-0.2, -0.15) is 0 Å². The van der Waals surface area contributed by atoms with Gasteiger partial charge in [0.15, 0.2) is 0 Å². The monoisotopic (exact) mass is 246 g/mol. The van der Waals surface area contributed by atoms with Gasteiger partial charge in [0.1, 0.15) is 0 Å². The molecule has 0 heterocycles. The largest absolute Gasteiger partial charge is 0.269 e. The van der Waals surface area contributed by atoms with Gasteiger partial charge in [-0.25, -0.2) is 0 Å². The average molecular weight is 246 g/mol. The van der Waals surface area contributed by atoms with Gasteiger partial charge in [0, 0.05) is 40.8 Å². The zero-order valence-electron chi connectivity index (χ0n) is 10.7. The van der Waals surface area contributed by atoms with Gasteiger partial charge in [0.05, 0.1) is 0 Å². The first kappa shape index (κ1) is 20.5. The fourth-order valence-electron chi connectivity index (χ4n) is 1.06. The minimum absolute atomic E-state index is 0. The molecule has 0 bridgehead atoms. The van der Waals surface area contributed by atoms with Crippen LogP contribution in [0.1, 0.15) is 20.8 Å². The van der Waals surface area contributed by atoms with E-state index in [0.29, 0.717) is 0 Å². The summed E-state index contributed by atoms with van der Waals surface area (Å²) in [4.78, 5) is 0. The molecule has 0 atom stereocenters. The summed E-state index contributed by atoms with van der Waals surface area (Å²) in [6.07, 6.45) is 0. The lowest BCUT2D eigenvalue weighted by molar-refractivity contribution is 0.433. The Morgan fingerprint density at radius 3 is 1.00 bits per heavy atom. The zero-order valence-corrected chi connectivity index (χ0v) is 11.5. The van der Waals surface area contributed by atoms with Gasteiger partial charge in [0.25, 0.3) is 11.5 Å². The Morgan fingerprint density at radius 2 is 0.867 bits per heavy atom. The quantitative estimate of drug-likeness (QED) is 0.658. The van der Waals surface area contributed by atoms with Crippen LogP contribution in [0.2, 0.25) is 0 Å². The number of rotatable bonds is 6. The van der Waals surface area contributed by atoms with E-state index in [2.05, 4.69) is 54.8 Å². The number of hydrogen-bond acceptors (Lipinski definition) is 3. The van der Waals surface area contributed by atoms with E-state index in [4.69, 9.17) is 0 Å². The van der Waals surface area contributed by atoms with Gasteiger partial charge in [-0.15, -0.1) is 0 Å². The molecule has 0 amide bonds. The smallest absolute Gasteiger partial charge is 0.267 e. The van der Waals surface area contributed by atoms with E-state index >= 15 is 0 Å². The van der Waals surface area contributed by atoms with Crippen LogP contribution >= 0.6 is 0 Å². The second-order valence-electron chi connectivity index (χ2n) is 3.08. The van der Waals surface area contributed by atoms with Crippen LogP contribution in [0.5, 0.6) is 0 Å². The van der Waals surface area contributed by atoms with E-state index in [1.165, 1.54) is 0 Å². The molecule has 0 N–H and O–H groups in total. The molecule has 15 heavy (non-hydrogen) atoms. The van der Waals surface area contributed by atoms with Crippen LogP contribution in [0.4, 0.5) is 9.41 Å². The molecular formula is C9H26F2N3S+. The highest BCUT2D eigenvalue weighted by Crippen LogP contribution is 2.11. The van der Waals surface area contributed by atoms with Crippen molar-refractivity contribution in [3.8, 4) is 0 Å². The van der Waals surface area contributed by atoms with Crippen molar-refractivity contribution in [3.63, 3.8) is 0 Å². The minimum atomic E-state index is 0. The molecule has 0 radical (unpaired) electrons. The van der Waals surface area contributed by atoms with Crippen molar-refractivity contribution in [3.05, 3.63) is 0 Å². The molecule has 0 fully saturated rings.